The number of hydrogen-bond donors (Lipinski definition) is 1. The van der Waals surface area contributed by atoms with Crippen LogP contribution >= 0.6 is 0 Å². The van der Waals surface area contributed by atoms with Gasteiger partial charge < -0.3 is 19.0 Å². The van der Waals surface area contributed by atoms with Gasteiger partial charge >= 0.3 is 0 Å². The fourth-order valence-electron chi connectivity index (χ4n) is 7.81. The zero-order valence-corrected chi connectivity index (χ0v) is 24.1. The van der Waals surface area contributed by atoms with Crippen molar-refractivity contribution in [3.05, 3.63) is 127 Å². The fourth-order valence-corrected chi connectivity index (χ4v) is 7.81. The summed E-state index contributed by atoms with van der Waals surface area (Å²) in [6.07, 6.45) is 0. The molecule has 1 N–H and O–H groups in total. The molecule has 0 atom stereocenters. The predicted octanol–water partition coefficient (Wildman–Crippen LogP) is 9.32. The number of anilines is 3. The second kappa shape index (κ2) is 8.37. The van der Waals surface area contributed by atoms with E-state index < -0.39 is 0 Å². The average Bonchev–Trinajstić information content (AvgIpc) is 3.64. The second-order valence-electron chi connectivity index (χ2n) is 12.2. The summed E-state index contributed by atoms with van der Waals surface area (Å²) in [7, 11) is 0.767. The molecule has 45 heavy (non-hydrogen) atoms. The highest BCUT2D eigenvalue weighted by atomic mass is 16.5. The van der Waals surface area contributed by atoms with Gasteiger partial charge in [-0.25, -0.2) is 0 Å². The monoisotopic (exact) mass is 574 g/mol. The van der Waals surface area contributed by atoms with Crippen LogP contribution in [-0.4, -0.2) is 12.3 Å². The van der Waals surface area contributed by atoms with Gasteiger partial charge in [0.15, 0.2) is 24.4 Å². The average molecular weight is 574 g/mol. The summed E-state index contributed by atoms with van der Waals surface area (Å²) >= 11 is 0. The number of rotatable bonds is 1. The van der Waals surface area contributed by atoms with E-state index in [0.29, 0.717) is 0 Å². The molecule has 0 bridgehead atoms. The molecule has 7 aromatic carbocycles. The molecule has 4 heterocycles. The number of nitrogens with one attached hydrogen (secondary N) is 1. The van der Waals surface area contributed by atoms with Crippen LogP contribution in [0.4, 0.5) is 17.1 Å². The first-order valence-corrected chi connectivity index (χ1v) is 15.4. The van der Waals surface area contributed by atoms with Crippen LogP contribution in [0.3, 0.4) is 0 Å². The summed E-state index contributed by atoms with van der Waals surface area (Å²) in [5.41, 5.74) is 12.2. The molecule has 5 heteroatoms. The molecule has 208 valence electrons. The molecular weight excluding hydrogens is 551 g/mol. The van der Waals surface area contributed by atoms with Gasteiger partial charge in [-0.3, -0.25) is 0 Å². The zero-order chi connectivity index (χ0) is 29.2. The minimum atomic E-state index is 0.767. The van der Waals surface area contributed by atoms with Gasteiger partial charge in [-0.05, 0) is 64.3 Å². The summed E-state index contributed by atoms with van der Waals surface area (Å²) in [4.78, 5) is 6.23. The Kier molecular flexibility index (Phi) is 4.37. The van der Waals surface area contributed by atoms with Crippen molar-refractivity contribution in [1.82, 2.24) is 4.98 Å². The number of hydrogen-bond acceptors (Lipinski definition) is 3. The van der Waals surface area contributed by atoms with Crippen LogP contribution in [0.1, 0.15) is 0 Å². The Labute approximate surface area is 258 Å². The number of aromatic amines is 1. The Bertz CT molecular complexity index is 2740. The van der Waals surface area contributed by atoms with E-state index in [4.69, 9.17) is 9.15 Å². The van der Waals surface area contributed by atoms with Crippen molar-refractivity contribution in [2.45, 2.75) is 0 Å². The molecule has 0 unspecified atom stereocenters. The second-order valence-corrected chi connectivity index (χ2v) is 12.2. The van der Waals surface area contributed by atoms with Gasteiger partial charge in [-0.2, -0.15) is 0 Å². The molecule has 0 spiro atoms. The minimum absolute atomic E-state index is 0.767. The van der Waals surface area contributed by atoms with Crippen molar-refractivity contribution in [2.24, 2.45) is 0 Å². The Morgan fingerprint density at radius 2 is 1.36 bits per heavy atom. The third-order valence-corrected chi connectivity index (χ3v) is 9.76. The Morgan fingerprint density at radius 1 is 0.578 bits per heavy atom. The first-order valence-electron chi connectivity index (χ1n) is 15.4. The topological polar surface area (TPSA) is 41.4 Å². The van der Waals surface area contributed by atoms with Crippen LogP contribution < -0.4 is 20.6 Å². The summed E-state index contributed by atoms with van der Waals surface area (Å²) < 4.78 is 13.2. The van der Waals surface area contributed by atoms with Crippen LogP contribution in [0.5, 0.6) is 11.5 Å². The van der Waals surface area contributed by atoms with Gasteiger partial charge in [0.25, 0.3) is 0 Å². The number of ether oxygens (including phenoxy) is 1. The van der Waals surface area contributed by atoms with Crippen LogP contribution in [0.15, 0.2) is 132 Å². The maximum atomic E-state index is 6.76. The van der Waals surface area contributed by atoms with E-state index >= 15 is 0 Å². The molecule has 2 aliphatic heterocycles. The van der Waals surface area contributed by atoms with Crippen LogP contribution in [0.2, 0.25) is 0 Å². The first kappa shape index (κ1) is 23.5. The van der Waals surface area contributed by atoms with E-state index in [0.717, 1.165) is 68.8 Å². The molecule has 0 amide bonds. The lowest BCUT2D eigenvalue weighted by atomic mass is 9.58. The van der Waals surface area contributed by atoms with E-state index in [2.05, 4.69) is 119 Å². The highest BCUT2D eigenvalue weighted by Gasteiger charge is 2.37. The Morgan fingerprint density at radius 3 is 2.31 bits per heavy atom. The highest BCUT2D eigenvalue weighted by molar-refractivity contribution is 6.74. The van der Waals surface area contributed by atoms with Gasteiger partial charge in [0.05, 0.1) is 22.6 Å². The summed E-state index contributed by atoms with van der Waals surface area (Å²) in [6, 6.07) is 45.3. The van der Waals surface area contributed by atoms with Crippen molar-refractivity contribution >= 4 is 89.8 Å². The van der Waals surface area contributed by atoms with Gasteiger partial charge in [0.2, 0.25) is 0 Å². The number of para-hydroxylation sites is 5. The zero-order valence-electron chi connectivity index (χ0n) is 24.1. The quantitative estimate of drug-likeness (QED) is 0.199. The van der Waals surface area contributed by atoms with Gasteiger partial charge in [-0.1, -0.05) is 90.4 Å². The Hall–Kier alpha value is -5.94. The summed E-state index contributed by atoms with van der Waals surface area (Å²) in [5, 5.41) is 7.19. The molecule has 0 saturated heterocycles. The number of aromatic nitrogens is 1. The number of fused-ring (bicyclic) bond motifs is 12. The van der Waals surface area contributed by atoms with Crippen molar-refractivity contribution in [2.75, 3.05) is 4.90 Å². The standard InChI is InChI=1S/C40H23BN2O2/c1-2-10-23-20-31-27(19-22(23)9-1)25-12-7-13-26(37(25)42-31)28-21-29-24-11-3-5-16-33(24)45-40(29)39-36(28)41-30-14-8-18-35-38(30)43(39)32-15-4-6-17-34(32)44-35/h1-21,41-42H. The molecule has 0 fully saturated rings. The number of furan rings is 1. The number of benzene rings is 7. The molecular formula is C40H23BN2O2. The molecule has 2 aliphatic rings. The molecule has 2 aromatic heterocycles. The van der Waals surface area contributed by atoms with Crippen molar-refractivity contribution in [3.63, 3.8) is 0 Å². The lowest BCUT2D eigenvalue weighted by molar-refractivity contribution is 0.477. The molecule has 0 aliphatic carbocycles. The van der Waals surface area contributed by atoms with Crippen LogP contribution in [0.25, 0.3) is 65.6 Å². The number of H-pyrrole nitrogens is 1. The summed E-state index contributed by atoms with van der Waals surface area (Å²) in [5.74, 6) is 1.71. The van der Waals surface area contributed by atoms with Crippen molar-refractivity contribution < 1.29 is 9.15 Å². The maximum Gasteiger partial charge on any atom is 0.198 e. The molecule has 0 saturated carbocycles. The molecule has 9 aromatic rings. The Balaban J connectivity index is 1.29. The number of nitrogens with zero attached hydrogens (tertiary/aromatic N) is 1. The smallest absolute Gasteiger partial charge is 0.198 e. The molecule has 4 nitrogen and oxygen atoms in total. The third-order valence-electron chi connectivity index (χ3n) is 9.76. The first-order chi connectivity index (χ1) is 22.3. The van der Waals surface area contributed by atoms with E-state index in [9.17, 15) is 0 Å². The molecule has 0 radical (unpaired) electrons. The van der Waals surface area contributed by atoms with Gasteiger partial charge in [0.1, 0.15) is 5.58 Å². The maximum absolute atomic E-state index is 6.76. The van der Waals surface area contributed by atoms with E-state index in [1.807, 2.05) is 18.2 Å². The van der Waals surface area contributed by atoms with Crippen LogP contribution in [0, 0.1) is 0 Å². The van der Waals surface area contributed by atoms with Crippen molar-refractivity contribution in [3.8, 4) is 22.6 Å². The highest BCUT2D eigenvalue weighted by Crippen LogP contribution is 2.53. The van der Waals surface area contributed by atoms with Gasteiger partial charge in [0, 0.05) is 32.6 Å². The molecule has 11 rings (SSSR count). The van der Waals surface area contributed by atoms with Gasteiger partial charge in [-0.15, -0.1) is 0 Å². The fraction of sp³-hybridized carbons (Fsp3) is 0. The van der Waals surface area contributed by atoms with Crippen LogP contribution in [-0.2, 0) is 0 Å². The predicted molar refractivity (Wildman–Crippen MR) is 187 cm³/mol. The minimum Gasteiger partial charge on any atom is -0.454 e. The van der Waals surface area contributed by atoms with E-state index in [1.165, 1.54) is 43.6 Å². The van der Waals surface area contributed by atoms with Crippen molar-refractivity contribution in [1.29, 1.82) is 0 Å². The lowest BCUT2D eigenvalue weighted by Crippen LogP contribution is -2.42. The largest absolute Gasteiger partial charge is 0.454 e. The normalized spacial score (nSPS) is 13.2. The van der Waals surface area contributed by atoms with E-state index in [1.54, 1.807) is 0 Å². The van der Waals surface area contributed by atoms with E-state index in [-0.39, 0.29) is 0 Å². The summed E-state index contributed by atoms with van der Waals surface area (Å²) in [6.45, 7) is 0. The lowest BCUT2D eigenvalue weighted by Gasteiger charge is -2.39. The SMILES string of the molecule is B1c2cccc3c2N(c2ccccc2O3)c2c1c(-c1cccc3c1[nH]c1cc4ccccc4cc13)cc1c2oc2ccccc21. The third kappa shape index (κ3) is 3.07.